The van der Waals surface area contributed by atoms with E-state index in [1.54, 1.807) is 38.2 Å². The maximum absolute atomic E-state index is 13.4. The van der Waals surface area contributed by atoms with Crippen LogP contribution in [0.5, 0.6) is 0 Å². The summed E-state index contributed by atoms with van der Waals surface area (Å²) in [5, 5.41) is 16.1. The van der Waals surface area contributed by atoms with Crippen molar-refractivity contribution in [2.45, 2.75) is 53.0 Å². The van der Waals surface area contributed by atoms with Crippen molar-refractivity contribution in [2.24, 2.45) is 5.41 Å². The number of hydrogen-bond acceptors (Lipinski definition) is 6. The van der Waals surface area contributed by atoms with Gasteiger partial charge in [0.25, 0.3) is 11.8 Å². The average Bonchev–Trinajstić information content (AvgIpc) is 3.28. The van der Waals surface area contributed by atoms with Gasteiger partial charge in [-0.1, -0.05) is 43.6 Å². The number of benzene rings is 2. The van der Waals surface area contributed by atoms with Crippen LogP contribution < -0.4 is 26.6 Å². The van der Waals surface area contributed by atoms with Gasteiger partial charge in [0.15, 0.2) is 0 Å². The van der Waals surface area contributed by atoms with Crippen LogP contribution in [0.1, 0.15) is 56.7 Å². The minimum Gasteiger partial charge on any atom is -0.461 e. The second-order valence-corrected chi connectivity index (χ2v) is 12.0. The zero-order valence-corrected chi connectivity index (χ0v) is 25.5. The Morgan fingerprint density at radius 2 is 1.63 bits per heavy atom. The summed E-state index contributed by atoms with van der Waals surface area (Å²) in [7, 11) is 3.56. The van der Waals surface area contributed by atoms with Crippen molar-refractivity contribution in [1.29, 1.82) is 0 Å². The van der Waals surface area contributed by atoms with Gasteiger partial charge in [-0.2, -0.15) is 0 Å². The number of anilines is 1. The predicted molar refractivity (Wildman–Crippen MR) is 164 cm³/mol. The lowest BCUT2D eigenvalue weighted by Gasteiger charge is -2.28. The van der Waals surface area contributed by atoms with E-state index in [4.69, 9.17) is 16.0 Å². The van der Waals surface area contributed by atoms with Gasteiger partial charge in [0.1, 0.15) is 17.0 Å². The molecule has 0 atom stereocenters. The number of carbonyl (C=O) groups is 3. The summed E-state index contributed by atoms with van der Waals surface area (Å²) in [5.41, 5.74) is 1.13. The number of rotatable bonds is 12. The quantitative estimate of drug-likeness (QED) is 0.189. The molecule has 0 saturated carbocycles. The summed E-state index contributed by atoms with van der Waals surface area (Å²) in [5.74, 6) is -0.475. The summed E-state index contributed by atoms with van der Waals surface area (Å²) in [4.78, 5) is 39.8. The molecule has 3 amide bonds. The first-order valence-electron chi connectivity index (χ1n) is 13.5. The molecule has 0 aliphatic rings. The maximum Gasteiger partial charge on any atom is 0.273 e. The van der Waals surface area contributed by atoms with E-state index in [9.17, 15) is 14.4 Å². The van der Waals surface area contributed by atoms with Gasteiger partial charge in [-0.25, -0.2) is 0 Å². The normalized spacial score (nSPS) is 12.5. The van der Waals surface area contributed by atoms with E-state index in [1.165, 1.54) is 0 Å². The lowest BCUT2D eigenvalue weighted by molar-refractivity contribution is -0.124. The molecule has 0 bridgehead atoms. The van der Waals surface area contributed by atoms with E-state index in [2.05, 4.69) is 26.6 Å². The van der Waals surface area contributed by atoms with E-state index >= 15 is 0 Å². The Kier molecular flexibility index (Phi) is 10.2. The van der Waals surface area contributed by atoms with Crippen LogP contribution >= 0.6 is 11.6 Å². The number of aryl methyl sites for hydroxylation is 1. The van der Waals surface area contributed by atoms with Crippen LogP contribution in [0.2, 0.25) is 5.02 Å². The molecule has 2 aromatic carbocycles. The molecule has 0 aliphatic carbocycles. The molecule has 3 rings (SSSR count). The van der Waals surface area contributed by atoms with Crippen molar-refractivity contribution in [2.75, 3.05) is 26.0 Å². The fourth-order valence-electron chi connectivity index (χ4n) is 4.33. The summed E-state index contributed by atoms with van der Waals surface area (Å²) in [6, 6.07) is 14.2. The van der Waals surface area contributed by atoms with Crippen molar-refractivity contribution >= 4 is 46.0 Å². The van der Waals surface area contributed by atoms with E-state index in [0.29, 0.717) is 39.7 Å². The van der Waals surface area contributed by atoms with Crippen molar-refractivity contribution in [3.8, 4) is 0 Å². The van der Waals surface area contributed by atoms with Crippen LogP contribution in [0.3, 0.4) is 0 Å². The summed E-state index contributed by atoms with van der Waals surface area (Å²) in [6.45, 7) is 9.75. The van der Waals surface area contributed by atoms with Crippen LogP contribution in [-0.2, 0) is 9.59 Å². The van der Waals surface area contributed by atoms with Gasteiger partial charge in [-0.3, -0.25) is 14.4 Å². The molecule has 3 aromatic rings. The topological polar surface area (TPSA) is 124 Å². The van der Waals surface area contributed by atoms with E-state index in [0.717, 1.165) is 5.39 Å². The number of nitrogens with one attached hydrogen (secondary N) is 5. The number of carbonyl (C=O) groups excluding carboxylic acids is 3. The summed E-state index contributed by atoms with van der Waals surface area (Å²) in [6.07, 6.45) is 0.504. The Labute approximate surface area is 246 Å². The van der Waals surface area contributed by atoms with E-state index in [-0.39, 0.29) is 36.0 Å². The lowest BCUT2D eigenvalue weighted by Crippen LogP contribution is -2.42. The Hall–Kier alpha value is -3.82. The fourth-order valence-corrected chi connectivity index (χ4v) is 4.55. The van der Waals surface area contributed by atoms with Gasteiger partial charge >= 0.3 is 0 Å². The molecular weight excluding hydrogens is 542 g/mol. The first-order chi connectivity index (χ1) is 19.2. The molecule has 0 unspecified atom stereocenters. The van der Waals surface area contributed by atoms with Crippen molar-refractivity contribution in [1.82, 2.24) is 21.3 Å². The number of para-hydroxylation sites is 1. The predicted octanol–water partition coefficient (Wildman–Crippen LogP) is 5.11. The van der Waals surface area contributed by atoms with Crippen LogP contribution in [0, 0.1) is 12.3 Å². The van der Waals surface area contributed by atoms with Crippen LogP contribution in [0.15, 0.2) is 64.3 Å². The smallest absolute Gasteiger partial charge is 0.273 e. The molecule has 9 nitrogen and oxygen atoms in total. The standard InChI is InChI=1S/C31H40ClN5O4/c1-19-13-20-14-21(32)15-23(27(20)41-19)28(39)35-18-30(2,3)17-25(38)37-26(24(33-6)16-31(4,5)34-7)29(40)36-22-11-9-8-10-12-22/h8-15,33-34H,16-18H2,1-7H3,(H,35,39)(H,36,40)(H,37,38)/b26-24+. The highest BCUT2D eigenvalue weighted by Crippen LogP contribution is 2.28. The maximum atomic E-state index is 13.4. The molecule has 1 aromatic heterocycles. The summed E-state index contributed by atoms with van der Waals surface area (Å²) >= 11 is 6.23. The third-order valence-electron chi connectivity index (χ3n) is 6.74. The largest absolute Gasteiger partial charge is 0.461 e. The second kappa shape index (κ2) is 13.2. The highest BCUT2D eigenvalue weighted by molar-refractivity contribution is 6.32. The molecule has 41 heavy (non-hydrogen) atoms. The van der Waals surface area contributed by atoms with E-state index < -0.39 is 11.3 Å². The van der Waals surface area contributed by atoms with Gasteiger partial charge in [0, 0.05) is 53.8 Å². The molecule has 220 valence electrons. The molecule has 0 saturated heterocycles. The first-order valence-corrected chi connectivity index (χ1v) is 13.9. The van der Waals surface area contributed by atoms with Gasteiger partial charge in [-0.05, 0) is 63.6 Å². The number of halogens is 1. The van der Waals surface area contributed by atoms with Gasteiger partial charge in [-0.15, -0.1) is 0 Å². The van der Waals surface area contributed by atoms with Crippen LogP contribution in [0.25, 0.3) is 11.0 Å². The molecule has 1 heterocycles. The van der Waals surface area contributed by atoms with Crippen LogP contribution in [-0.4, -0.2) is 43.9 Å². The first kappa shape index (κ1) is 31.7. The number of fused-ring (bicyclic) bond motifs is 1. The fraction of sp³-hybridized carbons (Fsp3) is 0.387. The second-order valence-electron chi connectivity index (χ2n) is 11.5. The molecule has 0 aliphatic heterocycles. The zero-order valence-electron chi connectivity index (χ0n) is 24.8. The zero-order chi connectivity index (χ0) is 30.4. The SMILES string of the molecule is CN/C(CC(C)(C)NC)=C(/NC(=O)CC(C)(C)CNC(=O)c1cc(Cl)cc2cc(C)oc12)C(=O)Nc1ccccc1. The van der Waals surface area contributed by atoms with Crippen molar-refractivity contribution in [3.63, 3.8) is 0 Å². The van der Waals surface area contributed by atoms with Crippen molar-refractivity contribution < 1.29 is 18.8 Å². The monoisotopic (exact) mass is 581 g/mol. The van der Waals surface area contributed by atoms with E-state index in [1.807, 2.05) is 59.0 Å². The molecule has 0 fully saturated rings. The van der Waals surface area contributed by atoms with Gasteiger partial charge in [0.2, 0.25) is 5.91 Å². The highest BCUT2D eigenvalue weighted by Gasteiger charge is 2.28. The molecule has 10 heteroatoms. The Balaban J connectivity index is 1.75. The lowest BCUT2D eigenvalue weighted by atomic mass is 9.88. The third kappa shape index (κ3) is 8.83. The number of amides is 3. The molecule has 5 N–H and O–H groups in total. The molecule has 0 spiro atoms. The van der Waals surface area contributed by atoms with Crippen LogP contribution in [0.4, 0.5) is 5.69 Å². The van der Waals surface area contributed by atoms with Crippen molar-refractivity contribution in [3.05, 3.63) is 76.3 Å². The Morgan fingerprint density at radius 3 is 2.27 bits per heavy atom. The number of hydrogen-bond donors (Lipinski definition) is 5. The minimum absolute atomic E-state index is 0.0482. The van der Waals surface area contributed by atoms with Gasteiger partial charge in [0.05, 0.1) is 5.56 Å². The third-order valence-corrected chi connectivity index (χ3v) is 6.96. The van der Waals surface area contributed by atoms with Gasteiger partial charge < -0.3 is 31.0 Å². The number of furan rings is 1. The Morgan fingerprint density at radius 1 is 0.951 bits per heavy atom. The molecule has 0 radical (unpaired) electrons. The minimum atomic E-state index is -0.637. The highest BCUT2D eigenvalue weighted by atomic mass is 35.5. The average molecular weight is 582 g/mol. The summed E-state index contributed by atoms with van der Waals surface area (Å²) < 4.78 is 5.72. The molecular formula is C31H40ClN5O4. The Bertz CT molecular complexity index is 1440.